The highest BCUT2D eigenvalue weighted by atomic mass is 16.5. The lowest BCUT2D eigenvalue weighted by molar-refractivity contribution is 0.0508. The number of piperidine rings is 1. The lowest BCUT2D eigenvalue weighted by Crippen LogP contribution is -2.43. The molecule has 3 rings (SSSR count). The first kappa shape index (κ1) is 16.5. The molecule has 1 amide bonds. The number of carbonyl (C=O) groups is 1. The molecular weight excluding hydrogens is 306 g/mol. The molecule has 1 aromatic carbocycles. The third kappa shape index (κ3) is 3.13. The smallest absolute Gasteiger partial charge is 0.339 e. The van der Waals surface area contributed by atoms with E-state index in [2.05, 4.69) is 35.4 Å². The first-order valence-electron chi connectivity index (χ1n) is 8.35. The molecule has 0 bridgehead atoms. The van der Waals surface area contributed by atoms with Crippen LogP contribution in [0.25, 0.3) is 11.4 Å². The second kappa shape index (κ2) is 6.26. The maximum absolute atomic E-state index is 12.8. The summed E-state index contributed by atoms with van der Waals surface area (Å²) in [5.74, 6) is 0.363. The van der Waals surface area contributed by atoms with Crippen molar-refractivity contribution in [3.8, 4) is 11.4 Å². The fraction of sp³-hybridized carbons (Fsp3) is 0.500. The van der Waals surface area contributed by atoms with E-state index in [9.17, 15) is 9.59 Å². The fourth-order valence-electron chi connectivity index (χ4n) is 3.13. The number of aromatic amines is 1. The van der Waals surface area contributed by atoms with Crippen LogP contribution in [0.15, 0.2) is 33.6 Å². The Morgan fingerprint density at radius 1 is 1.33 bits per heavy atom. The third-order valence-electron chi connectivity index (χ3n) is 5.41. The number of H-pyrrole nitrogens is 1. The summed E-state index contributed by atoms with van der Waals surface area (Å²) in [6, 6.07) is 7.11. The van der Waals surface area contributed by atoms with E-state index in [1.54, 1.807) is 24.3 Å². The van der Waals surface area contributed by atoms with E-state index in [-0.39, 0.29) is 5.91 Å². The zero-order valence-corrected chi connectivity index (χ0v) is 14.3. The fourth-order valence-corrected chi connectivity index (χ4v) is 3.13. The zero-order valence-electron chi connectivity index (χ0n) is 14.3. The summed E-state index contributed by atoms with van der Waals surface area (Å²) in [5.41, 5.74) is 1.57. The van der Waals surface area contributed by atoms with Crippen molar-refractivity contribution in [1.82, 2.24) is 15.0 Å². The van der Waals surface area contributed by atoms with Gasteiger partial charge in [0.2, 0.25) is 0 Å². The van der Waals surface area contributed by atoms with Crippen LogP contribution in [0.4, 0.5) is 0 Å². The maximum atomic E-state index is 12.8. The van der Waals surface area contributed by atoms with E-state index in [0.29, 0.717) is 28.3 Å². The largest absolute Gasteiger partial charge is 0.439 e. The van der Waals surface area contributed by atoms with Crippen LogP contribution in [0.1, 0.15) is 44.0 Å². The van der Waals surface area contributed by atoms with Gasteiger partial charge in [-0.3, -0.25) is 14.3 Å². The van der Waals surface area contributed by atoms with Gasteiger partial charge in [0.1, 0.15) is 0 Å². The summed E-state index contributed by atoms with van der Waals surface area (Å²) in [7, 11) is 0. The van der Waals surface area contributed by atoms with Gasteiger partial charge in [-0.25, -0.2) is 4.79 Å². The highest BCUT2D eigenvalue weighted by molar-refractivity contribution is 5.95. The van der Waals surface area contributed by atoms with Gasteiger partial charge in [-0.1, -0.05) is 38.1 Å². The van der Waals surface area contributed by atoms with Crippen molar-refractivity contribution in [3.63, 3.8) is 0 Å². The van der Waals surface area contributed by atoms with Gasteiger partial charge in [-0.15, -0.1) is 0 Å². The summed E-state index contributed by atoms with van der Waals surface area (Å²) in [5, 5.41) is 3.67. The van der Waals surface area contributed by atoms with Crippen LogP contribution in [0.3, 0.4) is 0 Å². The molecule has 1 N–H and O–H groups in total. The number of amides is 1. The van der Waals surface area contributed by atoms with E-state index in [1.165, 1.54) is 0 Å². The summed E-state index contributed by atoms with van der Waals surface area (Å²) < 4.78 is 4.52. The number of aromatic nitrogens is 2. The van der Waals surface area contributed by atoms with Crippen LogP contribution in [0, 0.1) is 11.3 Å². The molecule has 6 nitrogen and oxygen atoms in total. The molecule has 0 spiro atoms. The van der Waals surface area contributed by atoms with Crippen LogP contribution in [-0.2, 0) is 0 Å². The molecule has 0 unspecified atom stereocenters. The molecule has 2 aromatic rings. The SMILES string of the molecule is CC(C)C1(C)CCN(C(=O)c2cccc(-c3noc(=O)[nH]3)c2)CC1. The van der Waals surface area contributed by atoms with Crippen molar-refractivity contribution in [2.24, 2.45) is 11.3 Å². The third-order valence-corrected chi connectivity index (χ3v) is 5.41. The van der Waals surface area contributed by atoms with E-state index in [1.807, 2.05) is 4.90 Å². The molecule has 0 aliphatic carbocycles. The van der Waals surface area contributed by atoms with Gasteiger partial charge in [0.25, 0.3) is 5.91 Å². The predicted molar refractivity (Wildman–Crippen MR) is 90.6 cm³/mol. The number of likely N-dealkylation sites (tertiary alicyclic amines) is 1. The highest BCUT2D eigenvalue weighted by Gasteiger charge is 2.34. The topological polar surface area (TPSA) is 79.2 Å². The molecule has 24 heavy (non-hydrogen) atoms. The van der Waals surface area contributed by atoms with Gasteiger partial charge in [-0.05, 0) is 36.3 Å². The predicted octanol–water partition coefficient (Wildman–Crippen LogP) is 2.93. The Bertz CT molecular complexity index is 783. The quantitative estimate of drug-likeness (QED) is 0.939. The van der Waals surface area contributed by atoms with Gasteiger partial charge in [-0.2, -0.15) is 0 Å². The molecule has 0 saturated carbocycles. The number of nitrogens with one attached hydrogen (secondary N) is 1. The number of nitrogens with zero attached hydrogens (tertiary/aromatic N) is 2. The van der Waals surface area contributed by atoms with E-state index in [0.717, 1.165) is 25.9 Å². The lowest BCUT2D eigenvalue weighted by Gasteiger charge is -2.42. The molecule has 0 atom stereocenters. The molecular formula is C18H23N3O3. The van der Waals surface area contributed by atoms with Crippen molar-refractivity contribution in [2.45, 2.75) is 33.6 Å². The first-order valence-corrected chi connectivity index (χ1v) is 8.35. The summed E-state index contributed by atoms with van der Waals surface area (Å²) in [6.07, 6.45) is 2.04. The van der Waals surface area contributed by atoms with Crippen molar-refractivity contribution >= 4 is 5.91 Å². The Hall–Kier alpha value is -2.37. The Labute approximate surface area is 140 Å². The molecule has 1 aromatic heterocycles. The Balaban J connectivity index is 1.76. The van der Waals surface area contributed by atoms with Gasteiger partial charge in [0.15, 0.2) is 5.82 Å². The Morgan fingerprint density at radius 2 is 2.04 bits per heavy atom. The summed E-state index contributed by atoms with van der Waals surface area (Å²) in [4.78, 5) is 28.3. The normalized spacial score (nSPS) is 17.2. The van der Waals surface area contributed by atoms with Gasteiger partial charge in [0, 0.05) is 24.2 Å². The molecule has 6 heteroatoms. The number of rotatable bonds is 3. The second-order valence-electron chi connectivity index (χ2n) is 7.13. The minimum absolute atomic E-state index is 0.0218. The molecule has 1 aliphatic heterocycles. The summed E-state index contributed by atoms with van der Waals surface area (Å²) >= 11 is 0. The van der Waals surface area contributed by atoms with Gasteiger partial charge in [0.05, 0.1) is 0 Å². The number of benzene rings is 1. The van der Waals surface area contributed by atoms with Crippen LogP contribution in [-0.4, -0.2) is 34.0 Å². The second-order valence-corrected chi connectivity index (χ2v) is 7.13. The van der Waals surface area contributed by atoms with Gasteiger partial charge < -0.3 is 4.90 Å². The highest BCUT2D eigenvalue weighted by Crippen LogP contribution is 2.38. The van der Waals surface area contributed by atoms with Crippen molar-refractivity contribution in [3.05, 3.63) is 40.4 Å². The average molecular weight is 329 g/mol. The van der Waals surface area contributed by atoms with Crippen LogP contribution in [0.5, 0.6) is 0 Å². The van der Waals surface area contributed by atoms with Crippen LogP contribution in [0.2, 0.25) is 0 Å². The van der Waals surface area contributed by atoms with Crippen molar-refractivity contribution in [1.29, 1.82) is 0 Å². The minimum Gasteiger partial charge on any atom is -0.339 e. The number of hydrogen-bond donors (Lipinski definition) is 1. The standard InChI is InChI=1S/C18H23N3O3/c1-12(2)18(3)7-9-21(10-8-18)16(22)14-6-4-5-13(11-14)15-19-17(23)24-20-15/h4-6,11-12H,7-10H2,1-3H3,(H,19,20,23). The molecule has 1 saturated heterocycles. The first-order chi connectivity index (χ1) is 11.4. The van der Waals surface area contributed by atoms with E-state index < -0.39 is 5.76 Å². The Morgan fingerprint density at radius 3 is 2.62 bits per heavy atom. The molecule has 2 heterocycles. The molecule has 1 aliphatic rings. The minimum atomic E-state index is -0.606. The van der Waals surface area contributed by atoms with Crippen molar-refractivity contribution in [2.75, 3.05) is 13.1 Å². The van der Waals surface area contributed by atoms with Crippen molar-refractivity contribution < 1.29 is 9.32 Å². The Kier molecular flexibility index (Phi) is 4.30. The molecule has 1 fully saturated rings. The number of hydrogen-bond acceptors (Lipinski definition) is 4. The molecule has 128 valence electrons. The van der Waals surface area contributed by atoms with E-state index >= 15 is 0 Å². The number of carbonyl (C=O) groups excluding carboxylic acids is 1. The lowest BCUT2D eigenvalue weighted by atomic mass is 9.72. The van der Waals surface area contributed by atoms with Gasteiger partial charge >= 0.3 is 5.76 Å². The zero-order chi connectivity index (χ0) is 17.3. The van der Waals surface area contributed by atoms with E-state index in [4.69, 9.17) is 0 Å². The van der Waals surface area contributed by atoms with Crippen LogP contribution >= 0.6 is 0 Å². The van der Waals surface area contributed by atoms with Crippen LogP contribution < -0.4 is 5.76 Å². The summed E-state index contributed by atoms with van der Waals surface area (Å²) in [6.45, 7) is 8.36. The maximum Gasteiger partial charge on any atom is 0.439 e. The monoisotopic (exact) mass is 329 g/mol. The molecule has 0 radical (unpaired) electrons. The average Bonchev–Trinajstić information content (AvgIpc) is 3.01.